The normalized spacial score (nSPS) is 10.8. The zero-order valence-corrected chi connectivity index (χ0v) is 11.2. The van der Waals surface area contributed by atoms with E-state index in [0.29, 0.717) is 19.0 Å². The summed E-state index contributed by atoms with van der Waals surface area (Å²) in [6, 6.07) is 1.39. The lowest BCUT2D eigenvalue weighted by molar-refractivity contribution is -0.387. The average Bonchev–Trinajstić information content (AvgIpc) is 2.74. The maximum atomic E-state index is 14.1. The Kier molecular flexibility index (Phi) is 3.89. The maximum absolute atomic E-state index is 14.1. The largest absolute Gasteiger partial charge is 0.308 e. The second-order valence-corrected chi connectivity index (χ2v) is 4.43. The second kappa shape index (κ2) is 5.45. The van der Waals surface area contributed by atoms with E-state index in [-0.39, 0.29) is 16.2 Å². The van der Waals surface area contributed by atoms with Gasteiger partial charge in [-0.1, -0.05) is 6.92 Å². The molecule has 0 spiro atoms. The first-order chi connectivity index (χ1) is 9.45. The molecular formula is C11H10F2N4O2S. The standard InChI is InChI=1S/C11H10F2N4O2S/c1-2-3-16-10(14-15-11(16)20)7-4-6(12)5-8(9(7)13)17(18)19/h4-5H,2-3H2,1H3,(H,15,20). The molecule has 9 heteroatoms. The molecule has 2 rings (SSSR count). The number of benzene rings is 1. The highest BCUT2D eigenvalue weighted by atomic mass is 32.1. The lowest BCUT2D eigenvalue weighted by atomic mass is 10.1. The van der Waals surface area contributed by atoms with Gasteiger partial charge >= 0.3 is 5.69 Å². The molecule has 0 saturated carbocycles. The number of aromatic amines is 1. The van der Waals surface area contributed by atoms with Gasteiger partial charge < -0.3 is 4.57 Å². The van der Waals surface area contributed by atoms with Gasteiger partial charge in [0, 0.05) is 6.54 Å². The molecule has 1 heterocycles. The highest BCUT2D eigenvalue weighted by Gasteiger charge is 2.24. The number of H-pyrrole nitrogens is 1. The second-order valence-electron chi connectivity index (χ2n) is 4.05. The minimum atomic E-state index is -1.14. The number of nitrogens with one attached hydrogen (secondary N) is 1. The van der Waals surface area contributed by atoms with E-state index in [1.807, 2.05) is 6.92 Å². The molecule has 106 valence electrons. The zero-order chi connectivity index (χ0) is 14.9. The van der Waals surface area contributed by atoms with Gasteiger partial charge in [0.05, 0.1) is 16.6 Å². The van der Waals surface area contributed by atoms with E-state index in [9.17, 15) is 18.9 Å². The van der Waals surface area contributed by atoms with E-state index >= 15 is 0 Å². The van der Waals surface area contributed by atoms with Crippen molar-refractivity contribution < 1.29 is 13.7 Å². The van der Waals surface area contributed by atoms with Gasteiger partial charge in [0.25, 0.3) is 0 Å². The van der Waals surface area contributed by atoms with E-state index in [2.05, 4.69) is 10.2 Å². The fraction of sp³-hybridized carbons (Fsp3) is 0.273. The molecule has 1 N–H and O–H groups in total. The van der Waals surface area contributed by atoms with Crippen LogP contribution >= 0.6 is 12.2 Å². The van der Waals surface area contributed by atoms with E-state index < -0.39 is 22.2 Å². The van der Waals surface area contributed by atoms with E-state index in [4.69, 9.17) is 12.2 Å². The Hall–Kier alpha value is -2.16. The summed E-state index contributed by atoms with van der Waals surface area (Å²) in [5.74, 6) is -2.01. The monoisotopic (exact) mass is 300 g/mol. The highest BCUT2D eigenvalue weighted by molar-refractivity contribution is 7.71. The molecule has 0 atom stereocenters. The topological polar surface area (TPSA) is 76.8 Å². The SMILES string of the molecule is CCCn1c(-c2cc(F)cc([N+](=O)[O-])c2F)n[nH]c1=S. The summed E-state index contributed by atoms with van der Waals surface area (Å²) >= 11 is 4.99. The molecule has 0 aliphatic heterocycles. The number of nitro groups is 1. The molecule has 0 unspecified atom stereocenters. The van der Waals surface area contributed by atoms with Crippen LogP contribution in [-0.4, -0.2) is 19.7 Å². The van der Waals surface area contributed by atoms with Crippen molar-refractivity contribution in [2.75, 3.05) is 0 Å². The quantitative estimate of drug-likeness (QED) is 0.534. The Bertz CT molecular complexity index is 726. The molecule has 0 aliphatic carbocycles. The van der Waals surface area contributed by atoms with Crippen LogP contribution in [0.1, 0.15) is 13.3 Å². The van der Waals surface area contributed by atoms with Crippen molar-refractivity contribution in [1.82, 2.24) is 14.8 Å². The zero-order valence-electron chi connectivity index (χ0n) is 10.4. The van der Waals surface area contributed by atoms with Gasteiger partial charge in [-0.3, -0.25) is 15.2 Å². The van der Waals surface area contributed by atoms with Gasteiger partial charge in [0.1, 0.15) is 5.82 Å². The first-order valence-corrected chi connectivity index (χ1v) is 6.15. The van der Waals surface area contributed by atoms with Crippen LogP contribution in [0, 0.1) is 26.5 Å². The molecule has 0 saturated heterocycles. The summed E-state index contributed by atoms with van der Waals surface area (Å²) < 4.78 is 29.3. The van der Waals surface area contributed by atoms with Gasteiger partial charge in [-0.2, -0.15) is 9.49 Å². The highest BCUT2D eigenvalue weighted by Crippen LogP contribution is 2.29. The predicted molar refractivity (Wildman–Crippen MR) is 69.7 cm³/mol. The van der Waals surface area contributed by atoms with E-state index in [1.54, 1.807) is 0 Å². The molecule has 2 aromatic rings. The number of hydrogen-bond donors (Lipinski definition) is 1. The minimum absolute atomic E-state index is 0.0388. The van der Waals surface area contributed by atoms with Crippen molar-refractivity contribution in [1.29, 1.82) is 0 Å². The number of rotatable bonds is 4. The van der Waals surface area contributed by atoms with Gasteiger partial charge in [-0.15, -0.1) is 0 Å². The third-order valence-electron chi connectivity index (χ3n) is 2.66. The molecule has 6 nitrogen and oxygen atoms in total. The first kappa shape index (κ1) is 14.3. The van der Waals surface area contributed by atoms with Crippen LogP contribution < -0.4 is 0 Å². The number of nitrogens with zero attached hydrogens (tertiary/aromatic N) is 3. The van der Waals surface area contributed by atoms with Crippen LogP contribution in [0.2, 0.25) is 0 Å². The third-order valence-corrected chi connectivity index (χ3v) is 2.97. The Morgan fingerprint density at radius 1 is 1.50 bits per heavy atom. The molecule has 1 aromatic heterocycles. The number of hydrogen-bond acceptors (Lipinski definition) is 4. The first-order valence-electron chi connectivity index (χ1n) is 5.74. The summed E-state index contributed by atoms with van der Waals surface area (Å²) in [5.41, 5.74) is -1.23. The predicted octanol–water partition coefficient (Wildman–Crippen LogP) is 3.20. The Morgan fingerprint density at radius 3 is 2.80 bits per heavy atom. The van der Waals surface area contributed by atoms with Crippen molar-refractivity contribution in [3.05, 3.63) is 38.7 Å². The lowest BCUT2D eigenvalue weighted by Crippen LogP contribution is -2.03. The Morgan fingerprint density at radius 2 is 2.20 bits per heavy atom. The molecule has 20 heavy (non-hydrogen) atoms. The van der Waals surface area contributed by atoms with E-state index in [1.165, 1.54) is 4.57 Å². The summed E-state index contributed by atoms with van der Waals surface area (Å²) in [7, 11) is 0. The van der Waals surface area contributed by atoms with Crippen molar-refractivity contribution in [2.45, 2.75) is 19.9 Å². The number of halogens is 2. The average molecular weight is 300 g/mol. The van der Waals surface area contributed by atoms with Crippen LogP contribution in [0.4, 0.5) is 14.5 Å². The van der Waals surface area contributed by atoms with Gasteiger partial charge in [0.2, 0.25) is 5.82 Å². The van der Waals surface area contributed by atoms with Crippen molar-refractivity contribution >= 4 is 17.9 Å². The summed E-state index contributed by atoms with van der Waals surface area (Å²) in [4.78, 5) is 9.74. The van der Waals surface area contributed by atoms with E-state index in [0.717, 1.165) is 6.07 Å². The molecular weight excluding hydrogens is 290 g/mol. The number of aromatic nitrogens is 3. The third kappa shape index (κ3) is 2.44. The van der Waals surface area contributed by atoms with Crippen molar-refractivity contribution in [3.63, 3.8) is 0 Å². The molecule has 0 bridgehead atoms. The minimum Gasteiger partial charge on any atom is -0.300 e. The summed E-state index contributed by atoms with van der Waals surface area (Å²) in [6.45, 7) is 2.32. The fourth-order valence-electron chi connectivity index (χ4n) is 1.82. The number of nitro benzene ring substituents is 1. The Labute approximate surface area is 117 Å². The fourth-order valence-corrected chi connectivity index (χ4v) is 2.05. The van der Waals surface area contributed by atoms with Crippen LogP contribution in [0.15, 0.2) is 12.1 Å². The van der Waals surface area contributed by atoms with Gasteiger partial charge in [0.15, 0.2) is 10.6 Å². The molecule has 1 aromatic carbocycles. The molecule has 0 aliphatic rings. The van der Waals surface area contributed by atoms with Crippen LogP contribution in [0.3, 0.4) is 0 Å². The van der Waals surface area contributed by atoms with Crippen LogP contribution in [-0.2, 0) is 6.54 Å². The summed E-state index contributed by atoms with van der Waals surface area (Å²) in [5, 5.41) is 17.0. The summed E-state index contributed by atoms with van der Waals surface area (Å²) in [6.07, 6.45) is 0.694. The Balaban J connectivity index is 2.70. The smallest absolute Gasteiger partial charge is 0.300 e. The molecule has 0 radical (unpaired) electrons. The lowest BCUT2D eigenvalue weighted by Gasteiger charge is -2.06. The van der Waals surface area contributed by atoms with Crippen LogP contribution in [0.25, 0.3) is 11.4 Å². The molecule has 0 amide bonds. The van der Waals surface area contributed by atoms with Crippen molar-refractivity contribution in [3.8, 4) is 11.4 Å². The van der Waals surface area contributed by atoms with Crippen LogP contribution in [0.5, 0.6) is 0 Å². The van der Waals surface area contributed by atoms with Crippen molar-refractivity contribution in [2.24, 2.45) is 0 Å². The van der Waals surface area contributed by atoms with Gasteiger partial charge in [-0.25, -0.2) is 4.39 Å². The van der Waals surface area contributed by atoms with Gasteiger partial charge in [-0.05, 0) is 24.7 Å². The maximum Gasteiger partial charge on any atom is 0.308 e. The molecule has 0 fully saturated rings.